The molecule has 0 fully saturated rings. The molecule has 1 atom stereocenters. The molecule has 7 nitrogen and oxygen atoms in total. The number of para-hydroxylation sites is 1. The summed E-state index contributed by atoms with van der Waals surface area (Å²) in [6.07, 6.45) is -0.551. The lowest BCUT2D eigenvalue weighted by atomic mass is 10.1. The fourth-order valence-corrected chi connectivity index (χ4v) is 5.34. The highest BCUT2D eigenvalue weighted by Gasteiger charge is 2.29. The minimum Gasteiger partial charge on any atom is -0.454 e. The second-order valence-corrected chi connectivity index (χ2v) is 9.75. The molecule has 1 aromatic heterocycles. The van der Waals surface area contributed by atoms with Crippen LogP contribution >= 0.6 is 39.3 Å². The molecule has 0 saturated heterocycles. The number of fused-ring (bicyclic) bond motifs is 4. The number of hydrogen-bond donors (Lipinski definition) is 1. The van der Waals surface area contributed by atoms with Crippen LogP contribution in [0.1, 0.15) is 17.4 Å². The number of halogens is 2. The molecule has 0 radical (unpaired) electrons. The molecule has 2 aliphatic rings. The fourth-order valence-electron chi connectivity index (χ4n) is 3.74. The van der Waals surface area contributed by atoms with Crippen LogP contribution in [0.3, 0.4) is 0 Å². The predicted octanol–water partition coefficient (Wildman–Crippen LogP) is 6.48. The van der Waals surface area contributed by atoms with Gasteiger partial charge in [-0.1, -0.05) is 75.7 Å². The van der Waals surface area contributed by atoms with E-state index in [1.807, 2.05) is 60.7 Å². The number of anilines is 1. The number of aromatic nitrogens is 3. The molecule has 0 bridgehead atoms. The summed E-state index contributed by atoms with van der Waals surface area (Å²) < 4.78 is 18.3. The predicted molar refractivity (Wildman–Crippen MR) is 134 cm³/mol. The van der Waals surface area contributed by atoms with E-state index in [0.29, 0.717) is 39.0 Å². The van der Waals surface area contributed by atoms with Gasteiger partial charge in [0.15, 0.2) is 23.4 Å². The molecule has 0 saturated carbocycles. The zero-order valence-corrected chi connectivity index (χ0v) is 20.7. The Morgan fingerprint density at radius 2 is 1.82 bits per heavy atom. The van der Waals surface area contributed by atoms with E-state index in [0.717, 1.165) is 26.9 Å². The highest BCUT2D eigenvalue weighted by Crippen LogP contribution is 2.44. The van der Waals surface area contributed by atoms with Crippen molar-refractivity contribution in [1.29, 1.82) is 0 Å². The van der Waals surface area contributed by atoms with Crippen LogP contribution in [0.25, 0.3) is 11.3 Å². The lowest BCUT2D eigenvalue weighted by Gasteiger charge is -2.20. The molecule has 2 aliphatic heterocycles. The molecule has 0 unspecified atom stereocenters. The van der Waals surface area contributed by atoms with Crippen molar-refractivity contribution in [2.45, 2.75) is 17.1 Å². The molecule has 1 N–H and O–H groups in total. The van der Waals surface area contributed by atoms with Crippen LogP contribution in [-0.2, 0) is 5.75 Å². The van der Waals surface area contributed by atoms with Crippen molar-refractivity contribution >= 4 is 45.0 Å². The van der Waals surface area contributed by atoms with Crippen molar-refractivity contribution in [2.24, 2.45) is 0 Å². The molecule has 0 spiro atoms. The van der Waals surface area contributed by atoms with Crippen molar-refractivity contribution in [3.8, 4) is 28.6 Å². The second-order valence-electron chi connectivity index (χ2n) is 7.54. The normalized spacial score (nSPS) is 15.5. The van der Waals surface area contributed by atoms with Crippen LogP contribution in [0.5, 0.6) is 17.4 Å². The second kappa shape index (κ2) is 8.98. The van der Waals surface area contributed by atoms with Gasteiger partial charge in [0.05, 0.1) is 0 Å². The first kappa shape index (κ1) is 21.5. The lowest BCUT2D eigenvalue weighted by Crippen LogP contribution is -2.17. The summed E-state index contributed by atoms with van der Waals surface area (Å²) in [6.45, 7) is 0.193. The van der Waals surface area contributed by atoms with Gasteiger partial charge in [-0.15, -0.1) is 10.2 Å². The first-order valence-electron chi connectivity index (χ1n) is 10.4. The minimum absolute atomic E-state index is 0.193. The van der Waals surface area contributed by atoms with Crippen LogP contribution < -0.4 is 19.5 Å². The summed E-state index contributed by atoms with van der Waals surface area (Å²) in [4.78, 5) is 4.71. The molecular formula is C24H16BrClN4O3S. The largest absolute Gasteiger partial charge is 0.454 e. The van der Waals surface area contributed by atoms with Gasteiger partial charge in [-0.3, -0.25) is 0 Å². The van der Waals surface area contributed by atoms with Crippen molar-refractivity contribution in [1.82, 2.24) is 15.2 Å². The number of hydrogen-bond acceptors (Lipinski definition) is 8. The van der Waals surface area contributed by atoms with Crippen LogP contribution in [0.15, 0.2) is 70.3 Å². The van der Waals surface area contributed by atoms with Crippen LogP contribution in [0, 0.1) is 0 Å². The van der Waals surface area contributed by atoms with Crippen LogP contribution in [0.2, 0.25) is 5.02 Å². The quantitative estimate of drug-likeness (QED) is 0.287. The van der Waals surface area contributed by atoms with Gasteiger partial charge in [0, 0.05) is 32.1 Å². The third-order valence-electron chi connectivity index (χ3n) is 5.42. The Balaban J connectivity index is 1.37. The molecule has 34 heavy (non-hydrogen) atoms. The number of rotatable bonds is 4. The summed E-state index contributed by atoms with van der Waals surface area (Å²) in [5, 5.41) is 13.5. The van der Waals surface area contributed by atoms with Crippen LogP contribution in [-0.4, -0.2) is 22.0 Å². The van der Waals surface area contributed by atoms with Gasteiger partial charge in [-0.25, -0.2) is 0 Å². The first-order valence-corrected chi connectivity index (χ1v) is 12.5. The highest BCUT2D eigenvalue weighted by molar-refractivity contribution is 9.10. The standard InChI is InChI=1S/C24H16BrClN4O3S/c25-16-10-20-19(31-12-32-20)9-15(16)22-27-18-8-4-2-6-14(18)21-23(33-22)28-24(30-29-21)34-11-13-5-1-3-7-17(13)26/h1-10,22,27H,11-12H2/t22-/m0/s1. The molecule has 0 amide bonds. The van der Waals surface area contributed by atoms with Crippen molar-refractivity contribution in [3.63, 3.8) is 0 Å². The topological polar surface area (TPSA) is 78.4 Å². The van der Waals surface area contributed by atoms with Gasteiger partial charge in [0.2, 0.25) is 17.8 Å². The van der Waals surface area contributed by atoms with E-state index in [4.69, 9.17) is 30.8 Å². The Labute approximate surface area is 212 Å². The Morgan fingerprint density at radius 3 is 2.71 bits per heavy atom. The Hall–Kier alpha value is -3.01. The van der Waals surface area contributed by atoms with E-state index >= 15 is 0 Å². The van der Waals surface area contributed by atoms with Gasteiger partial charge in [-0.2, -0.15) is 4.98 Å². The van der Waals surface area contributed by atoms with Crippen molar-refractivity contribution in [2.75, 3.05) is 12.1 Å². The van der Waals surface area contributed by atoms with Gasteiger partial charge in [0.25, 0.3) is 0 Å². The smallest absolute Gasteiger partial charge is 0.247 e. The number of ether oxygens (including phenoxy) is 3. The molecule has 0 aliphatic carbocycles. The fraction of sp³-hybridized carbons (Fsp3) is 0.125. The molecule has 6 rings (SSSR count). The minimum atomic E-state index is -0.551. The maximum atomic E-state index is 6.39. The first-order chi connectivity index (χ1) is 16.7. The Bertz CT molecular complexity index is 1410. The zero-order chi connectivity index (χ0) is 23.1. The number of thioether (sulfide) groups is 1. The summed E-state index contributed by atoms with van der Waals surface area (Å²) in [5.74, 6) is 2.36. The molecule has 4 aromatic rings. The molecule has 3 aromatic carbocycles. The third-order valence-corrected chi connectivity index (χ3v) is 7.36. The third kappa shape index (κ3) is 4.04. The maximum absolute atomic E-state index is 6.39. The van der Waals surface area contributed by atoms with Crippen molar-refractivity contribution in [3.05, 3.63) is 81.3 Å². The SMILES string of the molecule is Clc1ccccc1CSc1nnc2c(n1)O[C@@H](c1cc3c(cc1Br)OCO3)Nc1ccccc1-2. The summed E-state index contributed by atoms with van der Waals surface area (Å²) in [5.41, 5.74) is 4.14. The average molecular weight is 556 g/mol. The number of nitrogens with zero attached hydrogens (tertiary/aromatic N) is 3. The molecule has 3 heterocycles. The van der Waals surface area contributed by atoms with Gasteiger partial charge < -0.3 is 19.5 Å². The van der Waals surface area contributed by atoms with E-state index < -0.39 is 6.23 Å². The van der Waals surface area contributed by atoms with Gasteiger partial charge >= 0.3 is 0 Å². The van der Waals surface area contributed by atoms with Gasteiger partial charge in [-0.05, 0) is 29.8 Å². The van der Waals surface area contributed by atoms with E-state index in [9.17, 15) is 0 Å². The molecular weight excluding hydrogens is 540 g/mol. The number of benzene rings is 3. The monoisotopic (exact) mass is 554 g/mol. The van der Waals surface area contributed by atoms with E-state index in [2.05, 4.69) is 31.4 Å². The average Bonchev–Trinajstić information content (AvgIpc) is 3.23. The molecule has 170 valence electrons. The Morgan fingerprint density at radius 1 is 1.03 bits per heavy atom. The Kier molecular flexibility index (Phi) is 5.68. The maximum Gasteiger partial charge on any atom is 0.247 e. The number of nitrogens with one attached hydrogen (secondary N) is 1. The van der Waals surface area contributed by atoms with Gasteiger partial charge in [0.1, 0.15) is 0 Å². The van der Waals surface area contributed by atoms with E-state index in [1.165, 1.54) is 11.8 Å². The van der Waals surface area contributed by atoms with E-state index in [-0.39, 0.29) is 6.79 Å². The summed E-state index contributed by atoms with van der Waals surface area (Å²) in [7, 11) is 0. The summed E-state index contributed by atoms with van der Waals surface area (Å²) in [6, 6.07) is 19.3. The summed E-state index contributed by atoms with van der Waals surface area (Å²) >= 11 is 11.4. The lowest BCUT2D eigenvalue weighted by molar-refractivity contribution is 0.173. The molecule has 10 heteroatoms. The highest BCUT2D eigenvalue weighted by atomic mass is 79.9. The zero-order valence-electron chi connectivity index (χ0n) is 17.5. The van der Waals surface area contributed by atoms with Crippen molar-refractivity contribution < 1.29 is 14.2 Å². The van der Waals surface area contributed by atoms with E-state index in [1.54, 1.807) is 0 Å². The van der Waals surface area contributed by atoms with Crippen LogP contribution in [0.4, 0.5) is 5.69 Å².